The number of urea groups is 1. The first kappa shape index (κ1) is 21.2. The summed E-state index contributed by atoms with van der Waals surface area (Å²) < 4.78 is 16.6. The Labute approximate surface area is 184 Å². The van der Waals surface area contributed by atoms with Gasteiger partial charge in [0, 0.05) is 5.56 Å². The number of benzene rings is 2. The third-order valence-corrected chi connectivity index (χ3v) is 4.97. The zero-order valence-corrected chi connectivity index (χ0v) is 17.7. The highest BCUT2D eigenvalue weighted by atomic mass is 16.5. The Bertz CT molecular complexity index is 1210. The van der Waals surface area contributed by atoms with Crippen molar-refractivity contribution in [2.45, 2.75) is 20.4 Å². The standard InChI is InChI=1S/C24H22N2O6/c1-3-30-16-9-7-15-8-10-21(31-4-2)19(18(15)12-16)13-20-22(27)25-24(29)26(23(20)28)14-17-6-5-11-32-17/h5-13H,3-4,14H2,1-2H3,(H,25,27,29). The van der Waals surface area contributed by atoms with Crippen molar-refractivity contribution in [2.24, 2.45) is 0 Å². The Morgan fingerprint density at radius 2 is 1.81 bits per heavy atom. The van der Waals surface area contributed by atoms with Crippen molar-refractivity contribution in [1.29, 1.82) is 0 Å². The number of nitrogens with zero attached hydrogens (tertiary/aromatic N) is 1. The van der Waals surface area contributed by atoms with Gasteiger partial charge in [-0.2, -0.15) is 0 Å². The van der Waals surface area contributed by atoms with Crippen molar-refractivity contribution < 1.29 is 28.3 Å². The molecule has 0 atom stereocenters. The summed E-state index contributed by atoms with van der Waals surface area (Å²) in [6.07, 6.45) is 2.91. The van der Waals surface area contributed by atoms with Gasteiger partial charge in [0.2, 0.25) is 0 Å². The number of rotatable bonds is 7. The van der Waals surface area contributed by atoms with Gasteiger partial charge in [0.25, 0.3) is 11.8 Å². The van der Waals surface area contributed by atoms with Crippen molar-refractivity contribution in [3.05, 3.63) is 65.6 Å². The van der Waals surface area contributed by atoms with Crippen molar-refractivity contribution >= 4 is 34.7 Å². The number of hydrogen-bond donors (Lipinski definition) is 1. The highest BCUT2D eigenvalue weighted by molar-refractivity contribution is 6.31. The molecule has 0 spiro atoms. The first-order chi connectivity index (χ1) is 15.5. The first-order valence-corrected chi connectivity index (χ1v) is 10.3. The zero-order chi connectivity index (χ0) is 22.7. The molecule has 1 aliphatic rings. The minimum Gasteiger partial charge on any atom is -0.494 e. The van der Waals surface area contributed by atoms with Gasteiger partial charge in [-0.25, -0.2) is 4.79 Å². The van der Waals surface area contributed by atoms with Gasteiger partial charge in [-0.05, 0) is 61.0 Å². The van der Waals surface area contributed by atoms with E-state index in [1.165, 1.54) is 12.3 Å². The molecule has 0 aliphatic carbocycles. The quantitative estimate of drug-likeness (QED) is 0.448. The number of imide groups is 2. The molecule has 8 heteroatoms. The second kappa shape index (κ2) is 8.97. The number of carbonyl (C=O) groups is 3. The Balaban J connectivity index is 1.82. The van der Waals surface area contributed by atoms with Gasteiger partial charge in [0.15, 0.2) is 0 Å². The minimum atomic E-state index is -0.796. The molecule has 4 amide bonds. The molecule has 0 bridgehead atoms. The van der Waals surface area contributed by atoms with Gasteiger partial charge in [-0.15, -0.1) is 0 Å². The number of carbonyl (C=O) groups excluding carboxylic acids is 3. The summed E-state index contributed by atoms with van der Waals surface area (Å²) in [5.74, 6) is 0.106. The van der Waals surface area contributed by atoms with Crippen LogP contribution in [-0.2, 0) is 16.1 Å². The molecule has 0 unspecified atom stereocenters. The van der Waals surface area contributed by atoms with Crippen LogP contribution in [0.1, 0.15) is 25.2 Å². The van der Waals surface area contributed by atoms with Gasteiger partial charge in [-0.3, -0.25) is 19.8 Å². The summed E-state index contributed by atoms with van der Waals surface area (Å²) in [4.78, 5) is 39.0. The fourth-order valence-electron chi connectivity index (χ4n) is 3.53. The minimum absolute atomic E-state index is 0.0926. The van der Waals surface area contributed by atoms with Crippen LogP contribution in [0.3, 0.4) is 0 Å². The SMILES string of the molecule is CCOc1ccc2ccc(OCC)c(C=C3C(=O)NC(=O)N(Cc4ccco4)C3=O)c2c1. The topological polar surface area (TPSA) is 98.1 Å². The molecule has 1 fully saturated rings. The van der Waals surface area contributed by atoms with E-state index in [0.29, 0.717) is 36.0 Å². The van der Waals surface area contributed by atoms with Gasteiger partial charge in [0.1, 0.15) is 22.8 Å². The summed E-state index contributed by atoms with van der Waals surface area (Å²) in [6, 6.07) is 11.8. The van der Waals surface area contributed by atoms with Crippen LogP contribution in [0.25, 0.3) is 16.8 Å². The average Bonchev–Trinajstić information content (AvgIpc) is 3.29. The fraction of sp³-hybridized carbons (Fsp3) is 0.208. The Kier molecular flexibility index (Phi) is 5.93. The van der Waals surface area contributed by atoms with E-state index in [9.17, 15) is 14.4 Å². The summed E-state index contributed by atoms with van der Waals surface area (Å²) in [5, 5.41) is 3.86. The number of barbiturate groups is 1. The lowest BCUT2D eigenvalue weighted by molar-refractivity contribution is -0.130. The van der Waals surface area contributed by atoms with E-state index in [0.717, 1.165) is 15.7 Å². The highest BCUT2D eigenvalue weighted by Gasteiger charge is 2.36. The smallest absolute Gasteiger partial charge is 0.331 e. The van der Waals surface area contributed by atoms with Crippen molar-refractivity contribution in [1.82, 2.24) is 10.2 Å². The van der Waals surface area contributed by atoms with E-state index in [-0.39, 0.29) is 12.1 Å². The third-order valence-electron chi connectivity index (χ3n) is 4.97. The lowest BCUT2D eigenvalue weighted by Crippen LogP contribution is -2.53. The molecule has 164 valence electrons. The van der Waals surface area contributed by atoms with E-state index in [1.54, 1.807) is 18.2 Å². The number of fused-ring (bicyclic) bond motifs is 1. The summed E-state index contributed by atoms with van der Waals surface area (Å²) >= 11 is 0. The second-order valence-electron chi connectivity index (χ2n) is 7.01. The molecule has 0 radical (unpaired) electrons. The molecule has 0 saturated carbocycles. The first-order valence-electron chi connectivity index (χ1n) is 10.3. The monoisotopic (exact) mass is 434 g/mol. The molecule has 1 aromatic heterocycles. The molecule has 32 heavy (non-hydrogen) atoms. The lowest BCUT2D eigenvalue weighted by Gasteiger charge is -2.25. The van der Waals surface area contributed by atoms with E-state index < -0.39 is 17.8 Å². The number of furan rings is 1. The van der Waals surface area contributed by atoms with Gasteiger partial charge >= 0.3 is 6.03 Å². The van der Waals surface area contributed by atoms with Crippen LogP contribution in [0, 0.1) is 0 Å². The number of ether oxygens (including phenoxy) is 2. The molecule has 1 saturated heterocycles. The highest BCUT2D eigenvalue weighted by Crippen LogP contribution is 2.33. The van der Waals surface area contributed by atoms with E-state index in [1.807, 2.05) is 38.1 Å². The van der Waals surface area contributed by atoms with Crippen LogP contribution < -0.4 is 14.8 Å². The summed E-state index contributed by atoms with van der Waals surface area (Å²) in [6.45, 7) is 4.54. The molecule has 1 aliphatic heterocycles. The number of amides is 4. The molecule has 8 nitrogen and oxygen atoms in total. The van der Waals surface area contributed by atoms with Gasteiger partial charge in [0.05, 0.1) is 26.0 Å². The second-order valence-corrected chi connectivity index (χ2v) is 7.01. The summed E-state index contributed by atoms with van der Waals surface area (Å²) in [5.41, 5.74) is 0.378. The normalized spacial score (nSPS) is 15.4. The Morgan fingerprint density at radius 1 is 1.03 bits per heavy atom. The average molecular weight is 434 g/mol. The molecule has 4 rings (SSSR count). The molecular formula is C24H22N2O6. The van der Waals surface area contributed by atoms with Crippen molar-refractivity contribution in [3.8, 4) is 11.5 Å². The molecule has 1 N–H and O–H groups in total. The van der Waals surface area contributed by atoms with Crippen LogP contribution in [-0.4, -0.2) is 36.0 Å². The van der Waals surface area contributed by atoms with Gasteiger partial charge in [-0.1, -0.05) is 12.1 Å². The van der Waals surface area contributed by atoms with Crippen LogP contribution >= 0.6 is 0 Å². The molecule has 2 heterocycles. The lowest BCUT2D eigenvalue weighted by atomic mass is 9.99. The predicted molar refractivity (Wildman–Crippen MR) is 117 cm³/mol. The summed E-state index contributed by atoms with van der Waals surface area (Å²) in [7, 11) is 0. The van der Waals surface area contributed by atoms with Crippen LogP contribution in [0.5, 0.6) is 11.5 Å². The van der Waals surface area contributed by atoms with Crippen molar-refractivity contribution in [3.63, 3.8) is 0 Å². The van der Waals surface area contributed by atoms with Crippen LogP contribution in [0.4, 0.5) is 4.79 Å². The maximum absolute atomic E-state index is 13.1. The molecule has 3 aromatic rings. The van der Waals surface area contributed by atoms with Crippen molar-refractivity contribution in [2.75, 3.05) is 13.2 Å². The largest absolute Gasteiger partial charge is 0.494 e. The van der Waals surface area contributed by atoms with Crippen LogP contribution in [0.15, 0.2) is 58.7 Å². The zero-order valence-electron chi connectivity index (χ0n) is 17.7. The molecular weight excluding hydrogens is 412 g/mol. The number of nitrogens with one attached hydrogen (secondary N) is 1. The third kappa shape index (κ3) is 4.07. The predicted octanol–water partition coefficient (Wildman–Crippen LogP) is 3.89. The van der Waals surface area contributed by atoms with E-state index in [4.69, 9.17) is 13.9 Å². The number of hydrogen-bond acceptors (Lipinski definition) is 6. The fourth-order valence-corrected chi connectivity index (χ4v) is 3.53. The van der Waals surface area contributed by atoms with Gasteiger partial charge < -0.3 is 13.9 Å². The van der Waals surface area contributed by atoms with E-state index >= 15 is 0 Å². The molecule has 2 aromatic carbocycles. The maximum Gasteiger partial charge on any atom is 0.331 e. The van der Waals surface area contributed by atoms with E-state index in [2.05, 4.69) is 5.32 Å². The Morgan fingerprint density at radius 3 is 2.53 bits per heavy atom. The Hall–Kier alpha value is -4.07. The van der Waals surface area contributed by atoms with Crippen LogP contribution in [0.2, 0.25) is 0 Å². The maximum atomic E-state index is 13.1.